The summed E-state index contributed by atoms with van der Waals surface area (Å²) in [6.45, 7) is 0. The first-order chi connectivity index (χ1) is 7.79. The lowest BCUT2D eigenvalue weighted by Gasteiger charge is -2.13. The zero-order chi connectivity index (χ0) is 13.1. The lowest BCUT2D eigenvalue weighted by Crippen LogP contribution is -2.17. The highest BCUT2D eigenvalue weighted by Gasteiger charge is 2.28. The van der Waals surface area contributed by atoms with E-state index in [1.807, 2.05) is 0 Å². The van der Waals surface area contributed by atoms with Crippen LogP contribution in [0.4, 0.5) is 17.6 Å². The maximum atomic E-state index is 13.3. The van der Waals surface area contributed by atoms with Crippen molar-refractivity contribution in [1.29, 1.82) is 0 Å². The van der Waals surface area contributed by atoms with Crippen molar-refractivity contribution in [2.45, 2.75) is 31.5 Å². The molecule has 1 aromatic rings. The van der Waals surface area contributed by atoms with Crippen molar-refractivity contribution in [2.24, 2.45) is 0 Å². The van der Waals surface area contributed by atoms with Crippen molar-refractivity contribution >= 4 is 11.6 Å². The number of hydrogen-bond acceptors (Lipinski definition) is 1. The molecule has 1 nitrogen and oxygen atoms in total. The highest BCUT2D eigenvalue weighted by atomic mass is 35.5. The number of halogens is 5. The van der Waals surface area contributed by atoms with Crippen LogP contribution in [0.1, 0.15) is 18.4 Å². The second-order valence-corrected chi connectivity index (χ2v) is 4.12. The zero-order valence-electron chi connectivity index (χ0n) is 8.77. The van der Waals surface area contributed by atoms with E-state index in [1.54, 1.807) is 0 Å². The van der Waals surface area contributed by atoms with Gasteiger partial charge in [-0.15, -0.1) is 0 Å². The van der Waals surface area contributed by atoms with Crippen molar-refractivity contribution < 1.29 is 22.7 Å². The molecule has 1 atom stereocenters. The Morgan fingerprint density at radius 2 is 1.94 bits per heavy atom. The molecule has 0 amide bonds. The fourth-order valence-corrected chi connectivity index (χ4v) is 1.64. The summed E-state index contributed by atoms with van der Waals surface area (Å²) in [6, 6.07) is 3.97. The van der Waals surface area contributed by atoms with Crippen LogP contribution >= 0.6 is 11.6 Å². The number of benzene rings is 1. The summed E-state index contributed by atoms with van der Waals surface area (Å²) in [6.07, 6.45) is -7.36. The van der Waals surface area contributed by atoms with E-state index in [0.29, 0.717) is 0 Å². The van der Waals surface area contributed by atoms with Crippen molar-refractivity contribution in [3.8, 4) is 0 Å². The van der Waals surface area contributed by atoms with E-state index in [1.165, 1.54) is 12.1 Å². The normalized spacial score (nSPS) is 13.8. The molecule has 1 aromatic carbocycles. The van der Waals surface area contributed by atoms with Crippen molar-refractivity contribution in [1.82, 2.24) is 0 Å². The van der Waals surface area contributed by atoms with Gasteiger partial charge in [0.25, 0.3) is 0 Å². The standard InChI is InChI=1S/C11H11ClF4O/c12-9-2-1-3-10(13)8(9)6-7(17)4-5-11(14,15)16/h1-3,7,17H,4-6H2. The average Bonchev–Trinajstić information content (AvgIpc) is 2.20. The van der Waals surface area contributed by atoms with Gasteiger partial charge in [0, 0.05) is 23.4 Å². The Hall–Kier alpha value is -0.810. The van der Waals surface area contributed by atoms with E-state index in [4.69, 9.17) is 11.6 Å². The molecule has 0 saturated heterocycles. The minimum absolute atomic E-state index is 0.0452. The Kier molecular flexibility index (Phi) is 4.77. The quantitative estimate of drug-likeness (QED) is 0.827. The maximum absolute atomic E-state index is 13.3. The molecular weight excluding hydrogens is 260 g/mol. The Morgan fingerprint density at radius 3 is 2.47 bits per heavy atom. The summed E-state index contributed by atoms with van der Waals surface area (Å²) in [5.41, 5.74) is 0.0452. The van der Waals surface area contributed by atoms with E-state index in [0.717, 1.165) is 6.07 Å². The molecule has 0 radical (unpaired) electrons. The third-order valence-electron chi connectivity index (χ3n) is 2.26. The number of alkyl halides is 3. The van der Waals surface area contributed by atoms with Crippen LogP contribution in [-0.4, -0.2) is 17.4 Å². The minimum atomic E-state index is -4.32. The Labute approximate surface area is 101 Å². The van der Waals surface area contributed by atoms with Crippen LogP contribution in [0.15, 0.2) is 18.2 Å². The first-order valence-corrected chi connectivity index (χ1v) is 5.35. The number of aliphatic hydroxyl groups is 1. The van der Waals surface area contributed by atoms with Crippen LogP contribution in [0, 0.1) is 5.82 Å². The molecular formula is C11H11ClF4O. The molecule has 0 aromatic heterocycles. The molecule has 0 heterocycles. The fourth-order valence-electron chi connectivity index (χ4n) is 1.40. The second-order valence-electron chi connectivity index (χ2n) is 3.71. The molecule has 1 rings (SSSR count). The largest absolute Gasteiger partial charge is 0.393 e. The molecule has 0 aliphatic carbocycles. The van der Waals surface area contributed by atoms with Crippen LogP contribution in [0.2, 0.25) is 5.02 Å². The lowest BCUT2D eigenvalue weighted by molar-refractivity contribution is -0.139. The Morgan fingerprint density at radius 1 is 1.29 bits per heavy atom. The van der Waals surface area contributed by atoms with Gasteiger partial charge < -0.3 is 5.11 Å². The number of hydrogen-bond donors (Lipinski definition) is 1. The summed E-state index contributed by atoms with van der Waals surface area (Å²) >= 11 is 5.69. The van der Waals surface area contributed by atoms with Gasteiger partial charge in [-0.25, -0.2) is 4.39 Å². The van der Waals surface area contributed by atoms with Crippen molar-refractivity contribution in [3.63, 3.8) is 0 Å². The Balaban J connectivity index is 2.59. The Bertz CT molecular complexity index is 358. The second kappa shape index (κ2) is 5.69. The molecule has 17 heavy (non-hydrogen) atoms. The van der Waals surface area contributed by atoms with E-state index in [2.05, 4.69) is 0 Å². The predicted octanol–water partition coefficient (Wildman–Crippen LogP) is 3.73. The fraction of sp³-hybridized carbons (Fsp3) is 0.455. The molecule has 0 bridgehead atoms. The molecule has 6 heteroatoms. The van der Waals surface area contributed by atoms with Gasteiger partial charge in [-0.3, -0.25) is 0 Å². The molecule has 0 fully saturated rings. The van der Waals surface area contributed by atoms with Gasteiger partial charge in [-0.2, -0.15) is 13.2 Å². The van der Waals surface area contributed by atoms with Crippen molar-refractivity contribution in [3.05, 3.63) is 34.6 Å². The smallest absolute Gasteiger partial charge is 0.389 e. The molecule has 0 aliphatic heterocycles. The van der Waals surface area contributed by atoms with Gasteiger partial charge in [-0.1, -0.05) is 17.7 Å². The van der Waals surface area contributed by atoms with E-state index in [9.17, 15) is 22.7 Å². The average molecular weight is 271 g/mol. The third kappa shape index (κ3) is 4.91. The summed E-state index contributed by atoms with van der Waals surface area (Å²) < 4.78 is 49.0. The molecule has 0 spiro atoms. The minimum Gasteiger partial charge on any atom is -0.393 e. The highest BCUT2D eigenvalue weighted by molar-refractivity contribution is 6.31. The van der Waals surface area contributed by atoms with Crippen molar-refractivity contribution in [2.75, 3.05) is 0 Å². The van der Waals surface area contributed by atoms with Gasteiger partial charge in [-0.05, 0) is 18.6 Å². The van der Waals surface area contributed by atoms with Crippen LogP contribution in [0.5, 0.6) is 0 Å². The van der Waals surface area contributed by atoms with Gasteiger partial charge in [0.2, 0.25) is 0 Å². The molecule has 0 saturated carbocycles. The number of aliphatic hydroxyl groups excluding tert-OH is 1. The first kappa shape index (κ1) is 14.3. The highest BCUT2D eigenvalue weighted by Crippen LogP contribution is 2.25. The monoisotopic (exact) mass is 270 g/mol. The topological polar surface area (TPSA) is 20.2 Å². The summed E-state index contributed by atoms with van der Waals surface area (Å²) in [5.74, 6) is -0.622. The van der Waals surface area contributed by atoms with Crippen LogP contribution in [0.3, 0.4) is 0 Å². The SMILES string of the molecule is OC(CCC(F)(F)F)Cc1c(F)cccc1Cl. The summed E-state index contributed by atoms with van der Waals surface area (Å²) in [7, 11) is 0. The number of rotatable bonds is 4. The van der Waals surface area contributed by atoms with Crippen LogP contribution in [-0.2, 0) is 6.42 Å². The molecule has 96 valence electrons. The van der Waals surface area contributed by atoms with E-state index >= 15 is 0 Å². The zero-order valence-corrected chi connectivity index (χ0v) is 9.52. The molecule has 1 unspecified atom stereocenters. The van der Waals surface area contributed by atoms with E-state index < -0.39 is 30.9 Å². The van der Waals surface area contributed by atoms with Gasteiger partial charge in [0.1, 0.15) is 5.82 Å². The van der Waals surface area contributed by atoms with Gasteiger partial charge in [0.15, 0.2) is 0 Å². The summed E-state index contributed by atoms with van der Waals surface area (Å²) in [4.78, 5) is 0. The lowest BCUT2D eigenvalue weighted by atomic mass is 10.0. The van der Waals surface area contributed by atoms with Crippen LogP contribution in [0.25, 0.3) is 0 Å². The summed E-state index contributed by atoms with van der Waals surface area (Å²) in [5, 5.41) is 9.50. The first-order valence-electron chi connectivity index (χ1n) is 4.97. The van der Waals surface area contributed by atoms with Crippen LogP contribution < -0.4 is 0 Å². The van der Waals surface area contributed by atoms with Gasteiger partial charge in [0.05, 0.1) is 6.10 Å². The maximum Gasteiger partial charge on any atom is 0.389 e. The molecule has 1 N–H and O–H groups in total. The predicted molar refractivity (Wildman–Crippen MR) is 56.4 cm³/mol. The van der Waals surface area contributed by atoms with Gasteiger partial charge >= 0.3 is 6.18 Å². The molecule has 0 aliphatic rings. The third-order valence-corrected chi connectivity index (χ3v) is 2.62. The van der Waals surface area contributed by atoms with E-state index in [-0.39, 0.29) is 17.0 Å².